The number of hydrogen-bond donors (Lipinski definition) is 0. The molecule has 0 aliphatic rings. The fraction of sp³-hybridized carbons (Fsp3) is 0.605. The van der Waals surface area contributed by atoms with Crippen LogP contribution in [-0.4, -0.2) is 18.7 Å². The van der Waals surface area contributed by atoms with Gasteiger partial charge in [0.15, 0.2) is 0 Å². The Morgan fingerprint density at radius 1 is 0.683 bits per heavy atom. The maximum atomic E-state index is 6.00. The summed E-state index contributed by atoms with van der Waals surface area (Å²) >= 11 is 0. The lowest BCUT2D eigenvalue weighted by Crippen LogP contribution is -2.05. The average Bonchev–Trinajstić information content (AvgIpc) is 2.98. The molecule has 1 aromatic heterocycles. The molecular formula is C38H59NO2. The minimum Gasteiger partial charge on any atom is -0.497 e. The average molecular weight is 562 g/mol. The molecule has 0 aliphatic carbocycles. The summed E-state index contributed by atoms with van der Waals surface area (Å²) in [4.78, 5) is 5.13. The Hall–Kier alpha value is -2.39. The van der Waals surface area contributed by atoms with Gasteiger partial charge in [0.25, 0.3) is 0 Å². The van der Waals surface area contributed by atoms with Gasteiger partial charge >= 0.3 is 0 Å². The Balaban J connectivity index is 1.98. The summed E-state index contributed by atoms with van der Waals surface area (Å²) in [6.07, 6.45) is 29.7. The van der Waals surface area contributed by atoms with Gasteiger partial charge in [0, 0.05) is 18.0 Å². The molecule has 0 saturated heterocycles. The number of rotatable bonds is 23. The lowest BCUT2D eigenvalue weighted by atomic mass is 9.96. The monoisotopic (exact) mass is 561 g/mol. The molecular weight excluding hydrogens is 502 g/mol. The summed E-state index contributed by atoms with van der Waals surface area (Å²) in [6.45, 7) is 10.4. The second-order valence-electron chi connectivity index (χ2n) is 11.5. The number of allylic oxidation sites excluding steroid dienone is 2. The molecule has 2 rings (SSSR count). The van der Waals surface area contributed by atoms with Crippen LogP contribution in [-0.2, 0) is 17.8 Å². The lowest BCUT2D eigenvalue weighted by molar-refractivity contribution is 0.118. The van der Waals surface area contributed by atoms with Crippen LogP contribution < -0.4 is 4.74 Å². The summed E-state index contributed by atoms with van der Waals surface area (Å²) in [7, 11) is 1.69. The lowest BCUT2D eigenvalue weighted by Gasteiger charge is -2.15. The van der Waals surface area contributed by atoms with Crippen LogP contribution >= 0.6 is 0 Å². The summed E-state index contributed by atoms with van der Waals surface area (Å²) in [5, 5.41) is 0. The van der Waals surface area contributed by atoms with Gasteiger partial charge in [-0.05, 0) is 86.8 Å². The minimum absolute atomic E-state index is 0.628. The molecule has 1 heterocycles. The fourth-order valence-corrected chi connectivity index (χ4v) is 5.35. The van der Waals surface area contributed by atoms with E-state index in [1.54, 1.807) is 7.11 Å². The third-order valence-corrected chi connectivity index (χ3v) is 7.96. The van der Waals surface area contributed by atoms with Crippen molar-refractivity contribution in [2.75, 3.05) is 13.7 Å². The van der Waals surface area contributed by atoms with Crippen LogP contribution in [0.15, 0.2) is 36.4 Å². The van der Waals surface area contributed by atoms with Gasteiger partial charge in [0.2, 0.25) is 0 Å². The first-order valence-electron chi connectivity index (χ1n) is 16.6. The van der Waals surface area contributed by atoms with Crippen LogP contribution in [0, 0.1) is 13.8 Å². The predicted octanol–water partition coefficient (Wildman–Crippen LogP) is 11.4. The number of unbranched alkanes of at least 4 members (excludes halogenated alkanes) is 12. The zero-order valence-corrected chi connectivity index (χ0v) is 27.1. The third kappa shape index (κ3) is 14.4. The zero-order valence-electron chi connectivity index (χ0n) is 27.1. The number of ether oxygens (including phenoxy) is 2. The van der Waals surface area contributed by atoms with E-state index in [4.69, 9.17) is 14.5 Å². The number of hydrogen-bond acceptors (Lipinski definition) is 3. The van der Waals surface area contributed by atoms with Crippen molar-refractivity contribution in [2.24, 2.45) is 0 Å². The van der Waals surface area contributed by atoms with Gasteiger partial charge in [0.05, 0.1) is 13.7 Å². The maximum Gasteiger partial charge on any atom is 0.118 e. The van der Waals surface area contributed by atoms with Crippen molar-refractivity contribution in [2.45, 2.75) is 137 Å². The quantitative estimate of drug-likeness (QED) is 0.126. The van der Waals surface area contributed by atoms with Crippen LogP contribution in [0.4, 0.5) is 0 Å². The van der Waals surface area contributed by atoms with Crippen molar-refractivity contribution in [3.8, 4) is 5.75 Å². The molecule has 1 aromatic carbocycles. The van der Waals surface area contributed by atoms with Crippen LogP contribution in [0.3, 0.4) is 0 Å². The Bertz CT molecular complexity index is 1010. The predicted molar refractivity (Wildman–Crippen MR) is 179 cm³/mol. The second-order valence-corrected chi connectivity index (χ2v) is 11.5. The molecule has 3 heteroatoms. The van der Waals surface area contributed by atoms with Gasteiger partial charge in [0.1, 0.15) is 5.75 Å². The van der Waals surface area contributed by atoms with E-state index in [1.807, 2.05) is 12.1 Å². The maximum absolute atomic E-state index is 6.00. The molecule has 228 valence electrons. The highest BCUT2D eigenvalue weighted by Gasteiger charge is 2.12. The molecule has 0 saturated carbocycles. The van der Waals surface area contributed by atoms with Crippen molar-refractivity contribution in [1.29, 1.82) is 0 Å². The highest BCUT2D eigenvalue weighted by atomic mass is 16.5. The number of aryl methyl sites for hydroxylation is 2. The molecule has 0 bridgehead atoms. The van der Waals surface area contributed by atoms with E-state index in [0.29, 0.717) is 6.61 Å². The van der Waals surface area contributed by atoms with E-state index >= 15 is 0 Å². The van der Waals surface area contributed by atoms with Crippen molar-refractivity contribution < 1.29 is 9.47 Å². The Morgan fingerprint density at radius 3 is 1.83 bits per heavy atom. The van der Waals surface area contributed by atoms with E-state index in [-0.39, 0.29) is 0 Å². The molecule has 0 unspecified atom stereocenters. The summed E-state index contributed by atoms with van der Waals surface area (Å²) < 4.78 is 11.3. The van der Waals surface area contributed by atoms with Gasteiger partial charge < -0.3 is 9.47 Å². The van der Waals surface area contributed by atoms with Crippen LogP contribution in [0.2, 0.25) is 0 Å². The van der Waals surface area contributed by atoms with Crippen molar-refractivity contribution in [3.05, 3.63) is 70.1 Å². The SMILES string of the molecule is CCCCCCCC/C=C\c1c(CCCOCc2ccc(OC)cc2)nc(C)c(/C=C/CCCCCCCC)c1C. The number of nitrogens with zero attached hydrogens (tertiary/aromatic N) is 1. The standard InChI is InChI=1S/C38H59NO2/c1-6-8-10-12-14-16-18-20-23-36-32(3)37(24-21-19-17-15-13-11-9-7-2)38(39-33(36)4)25-22-30-41-31-34-26-28-35(40-5)29-27-34/h20-21,23-24,26-29H,6-19,22,25,30-31H2,1-5H3/b23-20+,24-21-. The summed E-state index contributed by atoms with van der Waals surface area (Å²) in [6, 6.07) is 8.11. The van der Waals surface area contributed by atoms with Gasteiger partial charge in [-0.25, -0.2) is 0 Å². The number of benzene rings is 1. The van der Waals surface area contributed by atoms with Crippen molar-refractivity contribution in [1.82, 2.24) is 4.98 Å². The number of methoxy groups -OCH3 is 1. The Kier molecular flexibility index (Phi) is 18.9. The van der Waals surface area contributed by atoms with Gasteiger partial charge in [-0.15, -0.1) is 0 Å². The highest BCUT2D eigenvalue weighted by molar-refractivity contribution is 5.66. The van der Waals surface area contributed by atoms with E-state index < -0.39 is 0 Å². The number of aromatic nitrogens is 1. The minimum atomic E-state index is 0.628. The van der Waals surface area contributed by atoms with Crippen LogP contribution in [0.25, 0.3) is 12.2 Å². The fourth-order valence-electron chi connectivity index (χ4n) is 5.35. The largest absolute Gasteiger partial charge is 0.497 e. The molecule has 0 fully saturated rings. The van der Waals surface area contributed by atoms with Crippen LogP contribution in [0.1, 0.15) is 144 Å². The number of pyridine rings is 1. The molecule has 41 heavy (non-hydrogen) atoms. The topological polar surface area (TPSA) is 31.4 Å². The van der Waals surface area contributed by atoms with E-state index in [2.05, 4.69) is 64.1 Å². The van der Waals surface area contributed by atoms with Gasteiger partial charge in [-0.2, -0.15) is 0 Å². The van der Waals surface area contributed by atoms with Crippen molar-refractivity contribution in [3.63, 3.8) is 0 Å². The molecule has 0 amide bonds. The van der Waals surface area contributed by atoms with E-state index in [1.165, 1.54) is 105 Å². The van der Waals surface area contributed by atoms with Crippen LogP contribution in [0.5, 0.6) is 5.75 Å². The zero-order chi connectivity index (χ0) is 29.5. The normalized spacial score (nSPS) is 11.7. The molecule has 0 radical (unpaired) electrons. The van der Waals surface area contributed by atoms with Gasteiger partial charge in [-0.3, -0.25) is 4.98 Å². The highest BCUT2D eigenvalue weighted by Crippen LogP contribution is 2.25. The summed E-state index contributed by atoms with van der Waals surface area (Å²) in [5.74, 6) is 0.878. The molecule has 0 N–H and O–H groups in total. The van der Waals surface area contributed by atoms with Gasteiger partial charge in [-0.1, -0.05) is 114 Å². The Labute approximate surface area is 252 Å². The van der Waals surface area contributed by atoms with E-state index in [0.717, 1.165) is 43.7 Å². The first kappa shape index (κ1) is 34.8. The molecule has 3 nitrogen and oxygen atoms in total. The molecule has 0 aliphatic heterocycles. The molecule has 0 atom stereocenters. The smallest absolute Gasteiger partial charge is 0.118 e. The van der Waals surface area contributed by atoms with Crippen molar-refractivity contribution >= 4 is 12.2 Å². The second kappa shape index (κ2) is 22.2. The Morgan fingerprint density at radius 2 is 1.24 bits per heavy atom. The first-order chi connectivity index (χ1) is 20.1. The third-order valence-electron chi connectivity index (χ3n) is 7.96. The first-order valence-corrected chi connectivity index (χ1v) is 16.6. The van der Waals surface area contributed by atoms with E-state index in [9.17, 15) is 0 Å². The molecule has 0 spiro atoms. The summed E-state index contributed by atoms with van der Waals surface area (Å²) in [5.41, 5.74) is 7.51. The molecule has 2 aromatic rings.